The lowest BCUT2D eigenvalue weighted by molar-refractivity contribution is -0.137. The monoisotopic (exact) mass is 299 g/mol. The number of carbonyl (C=O) groups excluding carboxylic acids is 1. The third-order valence-corrected chi connectivity index (χ3v) is 4.95. The summed E-state index contributed by atoms with van der Waals surface area (Å²) in [4.78, 5) is 14.7. The molecule has 2 atom stereocenters. The molecule has 118 valence electrons. The van der Waals surface area contributed by atoms with Gasteiger partial charge in [0.15, 0.2) is 6.23 Å². The van der Waals surface area contributed by atoms with Crippen molar-refractivity contribution in [3.05, 3.63) is 47.0 Å². The zero-order chi connectivity index (χ0) is 15.5. The molecule has 0 N–H and O–H groups in total. The first-order chi connectivity index (χ1) is 10.7. The van der Waals surface area contributed by atoms with Crippen LogP contribution in [0.4, 0.5) is 0 Å². The molecule has 22 heavy (non-hydrogen) atoms. The molecule has 3 heteroatoms. The van der Waals surface area contributed by atoms with Gasteiger partial charge in [-0.25, -0.2) is 0 Å². The summed E-state index contributed by atoms with van der Waals surface area (Å²) in [5.74, 6) is 0.210. The topological polar surface area (TPSA) is 29.5 Å². The van der Waals surface area contributed by atoms with Crippen LogP contribution >= 0.6 is 0 Å². The maximum Gasteiger partial charge on any atom is 0.252 e. The second-order valence-corrected chi connectivity index (χ2v) is 6.38. The van der Waals surface area contributed by atoms with Crippen molar-refractivity contribution in [2.75, 3.05) is 7.11 Å². The third kappa shape index (κ3) is 2.82. The van der Waals surface area contributed by atoms with E-state index in [1.165, 1.54) is 17.6 Å². The van der Waals surface area contributed by atoms with E-state index in [4.69, 9.17) is 4.74 Å². The predicted molar refractivity (Wildman–Crippen MR) is 87.4 cm³/mol. The number of amides is 1. The van der Waals surface area contributed by atoms with Crippen LogP contribution in [-0.4, -0.2) is 30.2 Å². The minimum atomic E-state index is -0.131. The number of hydrogen-bond donors (Lipinski definition) is 0. The van der Waals surface area contributed by atoms with E-state index in [1.807, 2.05) is 11.0 Å². The summed E-state index contributed by atoms with van der Waals surface area (Å²) < 4.78 is 5.68. The van der Waals surface area contributed by atoms with E-state index >= 15 is 0 Å². The first-order valence-corrected chi connectivity index (χ1v) is 8.33. The van der Waals surface area contributed by atoms with Crippen LogP contribution in [0, 0.1) is 0 Å². The van der Waals surface area contributed by atoms with Gasteiger partial charge in [0.05, 0.1) is 0 Å². The highest BCUT2D eigenvalue weighted by molar-refractivity contribution is 5.97. The summed E-state index contributed by atoms with van der Waals surface area (Å²) >= 11 is 0. The zero-order valence-corrected chi connectivity index (χ0v) is 13.5. The van der Waals surface area contributed by atoms with E-state index in [0.717, 1.165) is 37.7 Å². The predicted octanol–water partition coefficient (Wildman–Crippen LogP) is 3.69. The summed E-state index contributed by atoms with van der Waals surface area (Å²) in [7, 11) is 1.72. The summed E-state index contributed by atoms with van der Waals surface area (Å²) in [6, 6.07) is 10.7. The fourth-order valence-electron chi connectivity index (χ4n) is 3.72. The molecule has 0 unspecified atom stereocenters. The number of aryl methyl sites for hydroxylation is 1. The van der Waals surface area contributed by atoms with Gasteiger partial charge in [-0.15, -0.1) is 0 Å². The molecular formula is C19H25NO2. The molecule has 1 aliphatic carbocycles. The van der Waals surface area contributed by atoms with Crippen molar-refractivity contribution in [2.45, 2.75) is 57.7 Å². The number of hydrogen-bond acceptors (Lipinski definition) is 2. The van der Waals surface area contributed by atoms with E-state index in [1.54, 1.807) is 7.11 Å². The van der Waals surface area contributed by atoms with E-state index < -0.39 is 0 Å². The molecule has 0 spiro atoms. The Morgan fingerprint density at radius 3 is 2.68 bits per heavy atom. The second-order valence-electron chi connectivity index (χ2n) is 6.38. The number of methoxy groups -OCH3 is 1. The Bertz CT molecular complexity index is 564. The number of carbonyl (C=O) groups is 1. The van der Waals surface area contributed by atoms with Crippen LogP contribution in [0.25, 0.3) is 0 Å². The smallest absolute Gasteiger partial charge is 0.252 e. The Labute approximate surface area is 133 Å². The van der Waals surface area contributed by atoms with Gasteiger partial charge in [-0.1, -0.05) is 30.3 Å². The van der Waals surface area contributed by atoms with Crippen LogP contribution in [0.1, 0.15) is 44.6 Å². The first-order valence-electron chi connectivity index (χ1n) is 8.33. The molecule has 0 saturated carbocycles. The van der Waals surface area contributed by atoms with Crippen LogP contribution in [0.2, 0.25) is 0 Å². The van der Waals surface area contributed by atoms with Crippen molar-refractivity contribution < 1.29 is 9.53 Å². The molecule has 0 saturated heterocycles. The minimum Gasteiger partial charge on any atom is -0.357 e. The van der Waals surface area contributed by atoms with Crippen LogP contribution in [0.15, 0.2) is 41.5 Å². The molecule has 1 amide bonds. The van der Waals surface area contributed by atoms with Crippen molar-refractivity contribution >= 4 is 5.91 Å². The SMILES string of the molecule is CO[C@@H]1C2=C(CCCC2)C(=O)N1[C@@H](C)CCc1ccccc1. The standard InChI is InChI=1S/C19H25NO2/c1-14(12-13-15-8-4-3-5-9-15)20-18(21)16-10-6-7-11-17(16)19(20)22-2/h3-5,8-9,14,19H,6-7,10-13H2,1-2H3/t14-,19+/m0/s1. The molecular weight excluding hydrogens is 274 g/mol. The molecule has 3 nitrogen and oxygen atoms in total. The molecule has 0 radical (unpaired) electrons. The Morgan fingerprint density at radius 1 is 1.23 bits per heavy atom. The molecule has 2 aliphatic rings. The van der Waals surface area contributed by atoms with Crippen molar-refractivity contribution in [1.82, 2.24) is 4.90 Å². The summed E-state index contributed by atoms with van der Waals surface area (Å²) in [5, 5.41) is 0. The Morgan fingerprint density at radius 2 is 1.95 bits per heavy atom. The van der Waals surface area contributed by atoms with Crippen molar-refractivity contribution in [3.8, 4) is 0 Å². The fraction of sp³-hybridized carbons (Fsp3) is 0.526. The summed E-state index contributed by atoms with van der Waals surface area (Å²) in [6.45, 7) is 2.14. The molecule has 0 fully saturated rings. The number of benzene rings is 1. The normalized spacial score (nSPS) is 22.9. The largest absolute Gasteiger partial charge is 0.357 e. The fourth-order valence-corrected chi connectivity index (χ4v) is 3.72. The van der Waals surface area contributed by atoms with Gasteiger partial charge in [-0.2, -0.15) is 0 Å². The first kappa shape index (κ1) is 15.3. The lowest BCUT2D eigenvalue weighted by Crippen LogP contribution is -2.43. The number of nitrogens with zero attached hydrogens (tertiary/aromatic N) is 1. The van der Waals surface area contributed by atoms with Gasteiger partial charge in [-0.3, -0.25) is 4.79 Å². The maximum atomic E-state index is 12.7. The minimum absolute atomic E-state index is 0.131. The zero-order valence-electron chi connectivity index (χ0n) is 13.5. The maximum absolute atomic E-state index is 12.7. The highest BCUT2D eigenvalue weighted by atomic mass is 16.5. The lowest BCUT2D eigenvalue weighted by Gasteiger charge is -2.31. The molecule has 1 aromatic carbocycles. The Kier molecular flexibility index (Phi) is 4.63. The van der Waals surface area contributed by atoms with Gasteiger partial charge in [0.2, 0.25) is 0 Å². The van der Waals surface area contributed by atoms with Gasteiger partial charge in [0.1, 0.15) is 0 Å². The molecule has 3 rings (SSSR count). The average molecular weight is 299 g/mol. The third-order valence-electron chi connectivity index (χ3n) is 4.95. The second kappa shape index (κ2) is 6.66. The van der Waals surface area contributed by atoms with E-state index in [0.29, 0.717) is 0 Å². The molecule has 0 aromatic heterocycles. The van der Waals surface area contributed by atoms with Crippen molar-refractivity contribution in [2.24, 2.45) is 0 Å². The van der Waals surface area contributed by atoms with Crippen LogP contribution in [0.5, 0.6) is 0 Å². The molecule has 1 aliphatic heterocycles. The van der Waals surface area contributed by atoms with Crippen LogP contribution in [0.3, 0.4) is 0 Å². The lowest BCUT2D eigenvalue weighted by atomic mass is 9.93. The van der Waals surface area contributed by atoms with E-state index in [9.17, 15) is 4.79 Å². The van der Waals surface area contributed by atoms with Crippen molar-refractivity contribution in [3.63, 3.8) is 0 Å². The van der Waals surface area contributed by atoms with Gasteiger partial charge in [-0.05, 0) is 56.6 Å². The highest BCUT2D eigenvalue weighted by Gasteiger charge is 2.41. The van der Waals surface area contributed by atoms with Crippen LogP contribution < -0.4 is 0 Å². The number of ether oxygens (including phenoxy) is 1. The summed E-state index contributed by atoms with van der Waals surface area (Å²) in [5.41, 5.74) is 3.60. The molecule has 1 heterocycles. The van der Waals surface area contributed by atoms with E-state index in [-0.39, 0.29) is 18.2 Å². The van der Waals surface area contributed by atoms with Gasteiger partial charge in [0.25, 0.3) is 5.91 Å². The Balaban J connectivity index is 1.69. The quantitative estimate of drug-likeness (QED) is 0.830. The molecule has 1 aromatic rings. The summed E-state index contributed by atoms with van der Waals surface area (Å²) in [6.07, 6.45) is 6.08. The van der Waals surface area contributed by atoms with Crippen molar-refractivity contribution in [1.29, 1.82) is 0 Å². The Hall–Kier alpha value is -1.61. The molecule has 0 bridgehead atoms. The van der Waals surface area contributed by atoms with Crippen LogP contribution in [-0.2, 0) is 16.0 Å². The van der Waals surface area contributed by atoms with E-state index in [2.05, 4.69) is 31.2 Å². The average Bonchev–Trinajstić information content (AvgIpc) is 2.86. The van der Waals surface area contributed by atoms with Gasteiger partial charge < -0.3 is 9.64 Å². The highest BCUT2D eigenvalue weighted by Crippen LogP contribution is 2.38. The number of rotatable bonds is 5. The van der Waals surface area contributed by atoms with Gasteiger partial charge in [0, 0.05) is 18.7 Å². The van der Waals surface area contributed by atoms with Gasteiger partial charge >= 0.3 is 0 Å².